The molecule has 4 aromatic carbocycles. The topological polar surface area (TPSA) is 486 Å². The van der Waals surface area contributed by atoms with E-state index in [1.807, 2.05) is 98.5 Å². The quantitative estimate of drug-likeness (QED) is 0.0263. The number of hydrogen-bond donors (Lipinski definition) is 8. The minimum absolute atomic E-state index is 0.0164. The van der Waals surface area contributed by atoms with Crippen LogP contribution in [0.5, 0.6) is 11.6 Å². The Bertz CT molecular complexity index is 7480. The Labute approximate surface area is 845 Å². The van der Waals surface area contributed by atoms with Gasteiger partial charge in [0.05, 0.1) is 40.2 Å². The summed E-state index contributed by atoms with van der Waals surface area (Å²) in [7, 11) is -17.3. The number of nitrogens with zero attached hydrogens (tertiary/aromatic N) is 11. The van der Waals surface area contributed by atoms with Crippen LogP contribution in [0.2, 0.25) is 0 Å². The molecule has 4 fully saturated rings. The molecule has 5 atom stereocenters. The predicted octanol–water partition coefficient (Wildman–Crippen LogP) is 16.6. The number of nitrogens with two attached hydrogens (primary N) is 3. The summed E-state index contributed by atoms with van der Waals surface area (Å²) in [5.74, 6) is -1.65. The first-order chi connectivity index (χ1) is 68.0. The minimum Gasteiger partial charge on any atom is -0.493 e. The average molecular weight is 2060 g/mol. The van der Waals surface area contributed by atoms with E-state index < -0.39 is 96.4 Å². The van der Waals surface area contributed by atoms with Crippen LogP contribution in [0.1, 0.15) is 209 Å². The van der Waals surface area contributed by atoms with Gasteiger partial charge in [-0.15, -0.1) is 0 Å². The number of nitrogens with one attached hydrogen (secondary N) is 5. The average Bonchev–Trinajstić information content (AvgIpc) is 1.66. The molecule has 4 saturated heterocycles. The fourth-order valence-electron chi connectivity index (χ4n) is 19.1. The number of aromatic amines is 1. The summed E-state index contributed by atoms with van der Waals surface area (Å²) in [6.07, 6.45) is 7.60. The van der Waals surface area contributed by atoms with Gasteiger partial charge in [0, 0.05) is 89.7 Å². The normalized spacial score (nSPS) is 17.5. The van der Waals surface area contributed by atoms with E-state index in [1.54, 1.807) is 50.4 Å². The molecule has 0 radical (unpaired) electrons. The van der Waals surface area contributed by atoms with Gasteiger partial charge in [0.15, 0.2) is 20.8 Å². The van der Waals surface area contributed by atoms with Crippen molar-refractivity contribution in [1.29, 1.82) is 0 Å². The van der Waals surface area contributed by atoms with Gasteiger partial charge in [-0.25, -0.2) is 74.4 Å². The second-order valence-corrected chi connectivity index (χ2v) is 47.0. The number of aryl methyl sites for hydroxylation is 1. The van der Waals surface area contributed by atoms with Crippen LogP contribution < -0.4 is 70.7 Å². The van der Waals surface area contributed by atoms with E-state index in [9.17, 15) is 62.0 Å². The molecule has 768 valence electrons. The highest BCUT2D eigenvalue weighted by atomic mass is 32.2. The van der Waals surface area contributed by atoms with Crippen LogP contribution in [0.3, 0.4) is 0 Å². The van der Waals surface area contributed by atoms with E-state index >= 15 is 4.39 Å². The summed E-state index contributed by atoms with van der Waals surface area (Å²) < 4.78 is 152. The second-order valence-electron chi connectivity index (χ2n) is 40.5. The van der Waals surface area contributed by atoms with Crippen molar-refractivity contribution in [2.75, 3.05) is 69.6 Å². The molecule has 0 aliphatic carbocycles. The maximum absolute atomic E-state index is 15.0. The third-order valence-corrected chi connectivity index (χ3v) is 31.2. The zero-order chi connectivity index (χ0) is 106. The number of fused-ring (bicyclic) bond motifs is 1. The Morgan fingerprint density at radius 1 is 0.469 bits per heavy atom. The van der Waals surface area contributed by atoms with Gasteiger partial charge in [0.2, 0.25) is 0 Å². The Morgan fingerprint density at radius 2 is 0.917 bits per heavy atom. The summed E-state index contributed by atoms with van der Waals surface area (Å²) in [6.45, 7) is 41.6. The molecule has 40 heteroatoms. The molecule has 145 heavy (non-hydrogen) atoms. The summed E-state index contributed by atoms with van der Waals surface area (Å²) in [4.78, 5) is 105. The lowest BCUT2D eigenvalue weighted by Crippen LogP contribution is -2.41. The van der Waals surface area contributed by atoms with Gasteiger partial charge in [-0.3, -0.25) is 24.0 Å². The molecule has 8 aromatic heterocycles. The number of carbonyl (C=O) groups is 4. The lowest BCUT2D eigenvalue weighted by molar-refractivity contribution is 0.0971. The lowest BCUT2D eigenvalue weighted by Gasteiger charge is -2.34. The molecule has 4 aliphatic heterocycles. The van der Waals surface area contributed by atoms with Crippen molar-refractivity contribution >= 4 is 115 Å². The molecule has 12 heterocycles. The number of sulfonamides is 4. The van der Waals surface area contributed by atoms with Crippen molar-refractivity contribution in [2.45, 2.75) is 211 Å². The van der Waals surface area contributed by atoms with E-state index in [0.717, 1.165) is 70.8 Å². The van der Waals surface area contributed by atoms with Gasteiger partial charge >= 0.3 is 0 Å². The monoisotopic (exact) mass is 2060 g/mol. The highest BCUT2D eigenvalue weighted by Crippen LogP contribution is 2.46. The number of pyridine rings is 8. The zero-order valence-electron chi connectivity index (χ0n) is 84.5. The fourth-order valence-corrected chi connectivity index (χ4v) is 23.0. The molecule has 0 spiro atoms. The Kier molecular flexibility index (Phi) is 32.1. The number of nitrogen functional groups attached to an aromatic ring is 3. The van der Waals surface area contributed by atoms with Gasteiger partial charge in [0.25, 0.3) is 75.2 Å². The molecular formula is C105H125F2N19O15S4. The highest BCUT2D eigenvalue weighted by Gasteiger charge is 2.45. The van der Waals surface area contributed by atoms with E-state index in [4.69, 9.17) is 41.6 Å². The van der Waals surface area contributed by atoms with Gasteiger partial charge in [0.1, 0.15) is 63.3 Å². The summed E-state index contributed by atoms with van der Waals surface area (Å²) in [5, 5.41) is 1.42. The Hall–Kier alpha value is -14.1. The molecule has 0 bridgehead atoms. The maximum Gasteiger partial charge on any atom is 0.281 e. The molecule has 4 aliphatic rings. The first kappa shape index (κ1) is 108. The fraction of sp³-hybridized carbons (Fsp3) is 0.371. The number of carbonyl (C=O) groups excluding carboxylic acids is 4. The second kappa shape index (κ2) is 43.0. The van der Waals surface area contributed by atoms with E-state index in [1.165, 1.54) is 90.8 Å². The number of amides is 4. The lowest BCUT2D eigenvalue weighted by atomic mass is 9.96. The van der Waals surface area contributed by atoms with Crippen LogP contribution in [-0.4, -0.2) is 158 Å². The van der Waals surface area contributed by atoms with Crippen LogP contribution in [-0.2, 0) is 40.1 Å². The molecule has 12 aromatic rings. The number of halogens is 2. The number of H-pyrrole nitrogens is 1. The Morgan fingerprint density at radius 3 is 1.38 bits per heavy atom. The summed E-state index contributed by atoms with van der Waals surface area (Å²) in [5.41, 5.74) is 21.7. The number of ether oxygens (including phenoxy) is 2. The minimum atomic E-state index is -4.40. The summed E-state index contributed by atoms with van der Waals surface area (Å²) in [6, 6.07) is 47.1. The summed E-state index contributed by atoms with van der Waals surface area (Å²) >= 11 is 0. The first-order valence-electron chi connectivity index (χ1n) is 47.6. The van der Waals surface area contributed by atoms with Crippen LogP contribution in [0.15, 0.2) is 219 Å². The number of aromatic nitrogens is 8. The van der Waals surface area contributed by atoms with Crippen molar-refractivity contribution < 1.29 is 71.1 Å². The zero-order valence-corrected chi connectivity index (χ0v) is 87.8. The molecular weight excluding hydrogens is 1930 g/mol. The van der Waals surface area contributed by atoms with Gasteiger partial charge in [-0.1, -0.05) is 128 Å². The number of hydrogen-bond acceptors (Lipinski definition) is 29. The van der Waals surface area contributed by atoms with E-state index in [0.29, 0.717) is 96.6 Å². The van der Waals surface area contributed by atoms with Crippen molar-refractivity contribution in [3.8, 4) is 45.3 Å². The molecule has 11 N–H and O–H groups in total. The van der Waals surface area contributed by atoms with Gasteiger partial charge in [-0.2, -0.15) is 21.8 Å². The van der Waals surface area contributed by atoms with E-state index in [2.05, 4.69) is 143 Å². The molecule has 4 amide bonds. The van der Waals surface area contributed by atoms with Crippen LogP contribution in [0.4, 0.5) is 49.5 Å². The van der Waals surface area contributed by atoms with Crippen molar-refractivity contribution in [2.24, 2.45) is 29.6 Å². The smallest absolute Gasteiger partial charge is 0.281 e. The van der Waals surface area contributed by atoms with Crippen molar-refractivity contribution in [3.05, 3.63) is 250 Å². The SMILES string of the molecule is CC1CN(c2nc(OC(C)C(C)C)c(F)cc2C(=O)NS(=O)(=O)c2cccc(N)n2)C(C)(C)C1.CC1CN(c2ncc(-c3ccc(C(C)C)cc3)cc2C(=O)NS(=O)(=O)c2cccc(N)n2)C(C)(C)C1.CCOc1cc(F)ccc1-c1ccc(C(=O)NS(=O)(=O)c2cccnc2N)c(N2C[C@@H](C)CC2(C)C)n1.Cc1ccc(-c2ccc(C(=O)NS(=O)(=O)c3ccc[nH]c3=O)c(N3C[C@@H](C)CC3(C)C)n2)c2ccccc12. The highest BCUT2D eigenvalue weighted by molar-refractivity contribution is 7.91. The number of rotatable bonds is 25. The van der Waals surface area contributed by atoms with Crippen LogP contribution >= 0.6 is 0 Å². The van der Waals surface area contributed by atoms with Gasteiger partial charge in [-0.05, 0) is 262 Å². The predicted molar refractivity (Wildman–Crippen MR) is 558 cm³/mol. The standard InChI is InChI=1S/C29H30N4O4S.C27H33N5O3S.C26H30FN5O4S.C23H32FN5O4S/c1-18-16-29(3,4)33(17-18)26-23(27(34)32-38(36,37)25-10-7-15-30-28(25)35)13-14-24(31-26)22-12-11-19(2)20-8-5-6-9-21(20)22;1-17(2)19-9-11-20(12-10-19)21-13-22(25(29-15-21)32-16-18(3)14-27(32,4)5)26(33)31-36(34,35)24-8-6-7-23(28)30-24;1-5-36-21-13-17(27)8-9-18(21)20-11-10-19(24(30-20)32-15-16(2)14-26(32,3)4)25(33)31-37(34,35)22-7-6-12-29-23(22)28;1-13(2)15(4)33-22-17(24)10-16(20(27-22)29-12-14(3)11-23(29,5)6)21(30)28-34(31,32)19-9-7-8-18(25)26-19/h5-15,18H,16-17H2,1-4H3,(H,30,35)(H,32,34);6-13,15,17-18H,14,16H2,1-5H3,(H2,28,30)(H,31,33);6-13,16H,5,14-15H2,1-4H3,(H2,28,29)(H,31,33);7-10,13-15H,11-12H2,1-6H3,(H2,25,26)(H,28,30)/t18-;;16-;/m0.0./s1. The molecule has 0 saturated carbocycles. The van der Waals surface area contributed by atoms with Crippen LogP contribution in [0, 0.1) is 48.1 Å². The first-order valence-corrected chi connectivity index (χ1v) is 53.6. The van der Waals surface area contributed by atoms with Crippen molar-refractivity contribution in [3.63, 3.8) is 0 Å². The third kappa shape index (κ3) is 24.8. The third-order valence-electron chi connectivity index (χ3n) is 26.0. The number of benzene rings is 4. The van der Waals surface area contributed by atoms with Gasteiger partial charge < -0.3 is 51.3 Å². The van der Waals surface area contributed by atoms with Crippen molar-refractivity contribution in [1.82, 2.24) is 58.8 Å². The molecule has 34 nitrogen and oxygen atoms in total. The molecule has 16 rings (SSSR count). The van der Waals surface area contributed by atoms with Crippen LogP contribution in [0.25, 0.3) is 44.4 Å². The largest absolute Gasteiger partial charge is 0.493 e. The maximum atomic E-state index is 15.0. The Balaban J connectivity index is 0.000000162. The molecule has 3 unspecified atom stereocenters. The number of anilines is 7. The van der Waals surface area contributed by atoms with E-state index in [-0.39, 0.29) is 95.9 Å².